The van der Waals surface area contributed by atoms with E-state index in [0.717, 1.165) is 28.2 Å². The monoisotopic (exact) mass is 383 g/mol. The van der Waals surface area contributed by atoms with Crippen LogP contribution in [0.2, 0.25) is 0 Å². The average molecular weight is 383 g/mol. The van der Waals surface area contributed by atoms with Crippen LogP contribution in [0.15, 0.2) is 42.1 Å². The van der Waals surface area contributed by atoms with E-state index < -0.39 is 16.9 Å². The minimum absolute atomic E-state index is 0.0214. The van der Waals surface area contributed by atoms with E-state index in [4.69, 9.17) is 4.74 Å². The Morgan fingerprint density at radius 3 is 2.54 bits per heavy atom. The lowest BCUT2D eigenvalue weighted by molar-refractivity contribution is -0.385. The lowest BCUT2D eigenvalue weighted by atomic mass is 10.1. The Morgan fingerprint density at radius 1 is 1.25 bits per heavy atom. The number of amides is 3. The van der Waals surface area contributed by atoms with Crippen molar-refractivity contribution < 1.29 is 24.4 Å². The summed E-state index contributed by atoms with van der Waals surface area (Å²) in [4.78, 5) is 36.2. The van der Waals surface area contributed by atoms with Gasteiger partial charge in [-0.15, -0.1) is 0 Å². The number of carbonyl (C=O) groups is 2. The summed E-state index contributed by atoms with van der Waals surface area (Å²) in [5.74, 6) is -1.09. The molecule has 144 valence electrons. The zero-order valence-electron chi connectivity index (χ0n) is 15.1. The number of aromatic hydroxyl groups is 1. The van der Waals surface area contributed by atoms with Gasteiger partial charge in [-0.05, 0) is 18.6 Å². The molecule has 2 aromatic carbocycles. The third-order valence-electron chi connectivity index (χ3n) is 4.24. The molecule has 0 atom stereocenters. The quantitative estimate of drug-likeness (QED) is 0.354. The molecule has 0 aliphatic carbocycles. The molecule has 28 heavy (non-hydrogen) atoms. The van der Waals surface area contributed by atoms with Crippen LogP contribution in [-0.4, -0.2) is 34.0 Å². The van der Waals surface area contributed by atoms with Crippen LogP contribution in [0, 0.1) is 17.0 Å². The van der Waals surface area contributed by atoms with E-state index in [2.05, 4.69) is 5.32 Å². The average Bonchev–Trinajstić information content (AvgIpc) is 2.92. The molecule has 0 unspecified atom stereocenters. The number of methoxy groups -OCH3 is 1. The molecule has 0 bridgehead atoms. The summed E-state index contributed by atoms with van der Waals surface area (Å²) in [6.45, 7) is 2.00. The standard InChI is InChI=1S/C19H17N3O6/c1-11-3-5-12(6-4-11)10-21-18(24)15(20-19(21)25)8-13-7-14(22(26)27)9-16(28-2)17(13)23/h3-9,23H,10H2,1-2H3,(H,20,25)/b15-8+. The Bertz CT molecular complexity index is 997. The molecule has 0 spiro atoms. The van der Waals surface area contributed by atoms with Gasteiger partial charge >= 0.3 is 6.03 Å². The first kappa shape index (κ1) is 18.9. The van der Waals surface area contributed by atoms with Crippen LogP contribution >= 0.6 is 0 Å². The van der Waals surface area contributed by atoms with E-state index in [9.17, 15) is 24.8 Å². The van der Waals surface area contributed by atoms with Crippen LogP contribution < -0.4 is 10.1 Å². The number of non-ortho nitro benzene ring substituents is 1. The Labute approximate surface area is 160 Å². The molecule has 1 aliphatic heterocycles. The molecule has 9 nitrogen and oxygen atoms in total. The fourth-order valence-electron chi connectivity index (χ4n) is 2.73. The van der Waals surface area contributed by atoms with E-state index >= 15 is 0 Å². The van der Waals surface area contributed by atoms with Gasteiger partial charge in [0.15, 0.2) is 11.5 Å². The van der Waals surface area contributed by atoms with Gasteiger partial charge in [-0.2, -0.15) is 0 Å². The van der Waals surface area contributed by atoms with Crippen LogP contribution in [0.3, 0.4) is 0 Å². The molecule has 0 radical (unpaired) electrons. The second-order valence-corrected chi connectivity index (χ2v) is 6.21. The highest BCUT2D eigenvalue weighted by Gasteiger charge is 2.34. The van der Waals surface area contributed by atoms with E-state index in [1.807, 2.05) is 31.2 Å². The number of hydrogen-bond acceptors (Lipinski definition) is 6. The number of urea groups is 1. The number of benzene rings is 2. The van der Waals surface area contributed by atoms with Crippen molar-refractivity contribution in [3.63, 3.8) is 0 Å². The van der Waals surface area contributed by atoms with Gasteiger partial charge in [-0.1, -0.05) is 29.8 Å². The summed E-state index contributed by atoms with van der Waals surface area (Å²) in [6, 6.07) is 8.91. The Morgan fingerprint density at radius 2 is 1.93 bits per heavy atom. The summed E-state index contributed by atoms with van der Waals surface area (Å²) in [6.07, 6.45) is 1.18. The summed E-state index contributed by atoms with van der Waals surface area (Å²) >= 11 is 0. The minimum Gasteiger partial charge on any atom is -0.504 e. The highest BCUT2D eigenvalue weighted by molar-refractivity contribution is 6.14. The Hall–Kier alpha value is -3.88. The zero-order chi connectivity index (χ0) is 20.4. The molecule has 1 saturated heterocycles. The van der Waals surface area contributed by atoms with Crippen molar-refractivity contribution in [1.82, 2.24) is 10.2 Å². The number of hydrogen-bond donors (Lipinski definition) is 2. The van der Waals surface area contributed by atoms with Crippen LogP contribution in [0.5, 0.6) is 11.5 Å². The van der Waals surface area contributed by atoms with Gasteiger partial charge < -0.3 is 15.2 Å². The van der Waals surface area contributed by atoms with Crippen LogP contribution in [0.25, 0.3) is 6.08 Å². The summed E-state index contributed by atoms with van der Waals surface area (Å²) < 4.78 is 4.93. The second-order valence-electron chi connectivity index (χ2n) is 6.21. The predicted molar refractivity (Wildman–Crippen MR) is 99.6 cm³/mol. The van der Waals surface area contributed by atoms with Crippen molar-refractivity contribution in [1.29, 1.82) is 0 Å². The van der Waals surface area contributed by atoms with Gasteiger partial charge in [0.25, 0.3) is 11.6 Å². The maximum absolute atomic E-state index is 12.6. The Balaban J connectivity index is 1.92. The van der Waals surface area contributed by atoms with Gasteiger partial charge in [0, 0.05) is 11.6 Å². The second kappa shape index (κ2) is 7.39. The Kier molecular flexibility index (Phi) is 4.99. The number of nitro benzene ring substituents is 1. The van der Waals surface area contributed by atoms with Crippen LogP contribution in [0.1, 0.15) is 16.7 Å². The predicted octanol–water partition coefficient (Wildman–Crippen LogP) is 2.71. The first-order valence-corrected chi connectivity index (χ1v) is 8.25. The van der Waals surface area contributed by atoms with Crippen molar-refractivity contribution in [3.8, 4) is 11.5 Å². The number of phenols is 1. The van der Waals surface area contributed by atoms with Crippen molar-refractivity contribution in [3.05, 3.63) is 68.9 Å². The first-order chi connectivity index (χ1) is 13.3. The number of nitro groups is 1. The molecule has 0 saturated carbocycles. The van der Waals surface area contributed by atoms with Crippen molar-refractivity contribution in [2.24, 2.45) is 0 Å². The fraction of sp³-hybridized carbons (Fsp3) is 0.158. The van der Waals surface area contributed by atoms with Gasteiger partial charge in [0.1, 0.15) is 5.70 Å². The maximum Gasteiger partial charge on any atom is 0.329 e. The molecule has 2 aromatic rings. The zero-order valence-corrected chi connectivity index (χ0v) is 15.1. The van der Waals surface area contributed by atoms with Gasteiger partial charge in [0.2, 0.25) is 0 Å². The number of nitrogens with one attached hydrogen (secondary N) is 1. The normalized spacial score (nSPS) is 15.1. The minimum atomic E-state index is -0.650. The lowest BCUT2D eigenvalue weighted by Gasteiger charge is -2.12. The fourth-order valence-corrected chi connectivity index (χ4v) is 2.73. The van der Waals surface area contributed by atoms with Crippen molar-refractivity contribution in [2.45, 2.75) is 13.5 Å². The summed E-state index contributed by atoms with van der Waals surface area (Å²) in [5, 5.41) is 23.7. The lowest BCUT2D eigenvalue weighted by Crippen LogP contribution is -2.30. The smallest absolute Gasteiger partial charge is 0.329 e. The van der Waals surface area contributed by atoms with Crippen LogP contribution in [-0.2, 0) is 11.3 Å². The van der Waals surface area contributed by atoms with E-state index in [-0.39, 0.29) is 35.0 Å². The van der Waals surface area contributed by atoms with Crippen molar-refractivity contribution >= 4 is 23.7 Å². The SMILES string of the molecule is COc1cc([N+](=O)[O-])cc(/C=C2/NC(=O)N(Cc3ccc(C)cc3)C2=O)c1O. The van der Waals surface area contributed by atoms with Crippen molar-refractivity contribution in [2.75, 3.05) is 7.11 Å². The molecule has 0 aromatic heterocycles. The largest absolute Gasteiger partial charge is 0.504 e. The molecular weight excluding hydrogens is 366 g/mol. The van der Waals surface area contributed by atoms with E-state index in [1.54, 1.807) is 0 Å². The first-order valence-electron chi connectivity index (χ1n) is 8.25. The number of phenolic OH excluding ortho intramolecular Hbond substituents is 1. The molecule has 3 amide bonds. The number of nitrogens with zero attached hydrogens (tertiary/aromatic N) is 2. The molecule has 1 fully saturated rings. The summed E-state index contributed by atoms with van der Waals surface area (Å²) in [5.41, 5.74) is 1.38. The van der Waals surface area contributed by atoms with E-state index in [1.165, 1.54) is 13.2 Å². The number of rotatable bonds is 5. The number of carbonyl (C=O) groups excluding carboxylic acids is 2. The molecular formula is C19H17N3O6. The van der Waals surface area contributed by atoms with Crippen LogP contribution in [0.4, 0.5) is 10.5 Å². The molecule has 2 N–H and O–H groups in total. The van der Waals surface area contributed by atoms with E-state index in [0.29, 0.717) is 0 Å². The topological polar surface area (TPSA) is 122 Å². The third kappa shape index (κ3) is 3.63. The van der Waals surface area contributed by atoms with Gasteiger partial charge in [0.05, 0.1) is 24.6 Å². The highest BCUT2D eigenvalue weighted by Crippen LogP contribution is 2.36. The molecule has 1 aliphatic rings. The van der Waals surface area contributed by atoms with Gasteiger partial charge in [-0.3, -0.25) is 19.8 Å². The number of imide groups is 1. The maximum atomic E-state index is 12.6. The molecule has 3 rings (SSSR count). The third-order valence-corrected chi connectivity index (χ3v) is 4.24. The number of ether oxygens (including phenoxy) is 1. The van der Waals surface area contributed by atoms with Gasteiger partial charge in [-0.25, -0.2) is 4.79 Å². The molecule has 1 heterocycles. The molecule has 9 heteroatoms. The number of aryl methyl sites for hydroxylation is 1. The summed E-state index contributed by atoms with van der Waals surface area (Å²) in [7, 11) is 1.25. The highest BCUT2D eigenvalue weighted by atomic mass is 16.6.